The second-order valence-electron chi connectivity index (χ2n) is 2.69. The molecule has 0 amide bonds. The molecule has 1 aromatic heterocycles. The fraction of sp³-hybridized carbons (Fsp3) is 0. The number of carbonyl (C=O) groups is 1. The minimum Gasteiger partial charge on any atom is -0.280 e. The summed E-state index contributed by atoms with van der Waals surface area (Å²) in [6, 6.07) is 5.40. The number of nitrogens with zero attached hydrogens (tertiary/aromatic N) is 1. The van der Waals surface area contributed by atoms with E-state index in [1.54, 1.807) is 24.5 Å². The molecule has 0 saturated carbocycles. The molecule has 0 atom stereocenters. The third-order valence-corrected chi connectivity index (χ3v) is 2.24. The first-order valence-electron chi connectivity index (χ1n) is 3.64. The number of carbonyl (C=O) groups excluding carboxylic acids is 1. The van der Waals surface area contributed by atoms with Crippen LogP contribution in [0.5, 0.6) is 0 Å². The maximum Gasteiger partial charge on any atom is 0.324 e. The average molecular weight is 214 g/mol. The van der Waals surface area contributed by atoms with Crippen molar-refractivity contribution in [2.45, 2.75) is 0 Å². The summed E-state index contributed by atoms with van der Waals surface area (Å²) in [5, 5.41) is 1.97. The molecule has 0 spiro atoms. The number of hydrogen-bond acceptors (Lipinski definition) is 1. The lowest BCUT2D eigenvalue weighted by Gasteiger charge is -1.87. The summed E-state index contributed by atoms with van der Waals surface area (Å²) in [6.07, 6.45) is 3.32. The highest BCUT2D eigenvalue weighted by atomic mass is 35.5. The molecule has 4 heteroatoms. The van der Waals surface area contributed by atoms with Gasteiger partial charge in [-0.05, 0) is 29.1 Å². The van der Waals surface area contributed by atoms with Gasteiger partial charge in [0.25, 0.3) is 0 Å². The van der Waals surface area contributed by atoms with Gasteiger partial charge < -0.3 is 0 Å². The van der Waals surface area contributed by atoms with E-state index in [9.17, 15) is 4.79 Å². The van der Waals surface area contributed by atoms with Gasteiger partial charge in [0, 0.05) is 22.8 Å². The molecule has 1 aromatic carbocycles. The summed E-state index contributed by atoms with van der Waals surface area (Å²) < 4.78 is 1.32. The van der Waals surface area contributed by atoms with Crippen LogP contribution in [-0.4, -0.2) is 9.93 Å². The molecule has 0 N–H and O–H groups in total. The molecule has 0 saturated heterocycles. The highest BCUT2D eigenvalue weighted by molar-refractivity contribution is 6.63. The molecular formula is C9H5Cl2NO. The predicted octanol–water partition coefficient (Wildman–Crippen LogP) is 3.50. The van der Waals surface area contributed by atoms with Gasteiger partial charge in [-0.3, -0.25) is 9.36 Å². The van der Waals surface area contributed by atoms with E-state index in [0.29, 0.717) is 5.02 Å². The molecule has 0 aliphatic carbocycles. The van der Waals surface area contributed by atoms with Crippen molar-refractivity contribution in [1.29, 1.82) is 0 Å². The van der Waals surface area contributed by atoms with Crippen LogP contribution < -0.4 is 0 Å². The Hall–Kier alpha value is -0.990. The van der Waals surface area contributed by atoms with Crippen molar-refractivity contribution in [1.82, 2.24) is 4.57 Å². The molecule has 2 rings (SSSR count). The number of aromatic nitrogens is 1. The van der Waals surface area contributed by atoms with Crippen LogP contribution in [-0.2, 0) is 0 Å². The van der Waals surface area contributed by atoms with Crippen molar-refractivity contribution in [3.05, 3.63) is 35.6 Å². The van der Waals surface area contributed by atoms with Crippen molar-refractivity contribution in [2.75, 3.05) is 0 Å². The largest absolute Gasteiger partial charge is 0.324 e. The summed E-state index contributed by atoms with van der Waals surface area (Å²) in [4.78, 5) is 10.8. The van der Waals surface area contributed by atoms with E-state index in [1.807, 2.05) is 6.07 Å². The zero-order valence-electron chi connectivity index (χ0n) is 6.50. The molecule has 0 unspecified atom stereocenters. The molecule has 13 heavy (non-hydrogen) atoms. The van der Waals surface area contributed by atoms with Crippen molar-refractivity contribution in [3.8, 4) is 0 Å². The van der Waals surface area contributed by atoms with Crippen molar-refractivity contribution in [3.63, 3.8) is 0 Å². The summed E-state index contributed by atoms with van der Waals surface area (Å²) in [5.41, 5.74) is 0. The molecule has 0 aliphatic heterocycles. The number of benzene rings is 1. The Morgan fingerprint density at radius 1 is 1.23 bits per heavy atom. The third kappa shape index (κ3) is 1.55. The summed E-state index contributed by atoms with van der Waals surface area (Å²) in [5.74, 6) is 0. The predicted molar refractivity (Wildman–Crippen MR) is 53.6 cm³/mol. The van der Waals surface area contributed by atoms with Crippen LogP contribution in [0, 0.1) is 0 Å². The van der Waals surface area contributed by atoms with E-state index in [0.717, 1.165) is 10.8 Å². The van der Waals surface area contributed by atoms with Crippen molar-refractivity contribution < 1.29 is 4.79 Å². The van der Waals surface area contributed by atoms with Gasteiger partial charge in [0.2, 0.25) is 0 Å². The average Bonchev–Trinajstić information content (AvgIpc) is 2.46. The Labute approximate surface area is 84.7 Å². The fourth-order valence-corrected chi connectivity index (χ4v) is 1.49. The van der Waals surface area contributed by atoms with E-state index in [1.165, 1.54) is 4.57 Å². The number of rotatable bonds is 0. The third-order valence-electron chi connectivity index (χ3n) is 1.81. The lowest BCUT2D eigenvalue weighted by atomic mass is 10.2. The Kier molecular flexibility index (Phi) is 2.02. The van der Waals surface area contributed by atoms with Crippen LogP contribution in [0.2, 0.25) is 5.02 Å². The van der Waals surface area contributed by atoms with E-state index in [-0.39, 0.29) is 0 Å². The van der Waals surface area contributed by atoms with Gasteiger partial charge in [0.1, 0.15) is 0 Å². The maximum atomic E-state index is 10.8. The lowest BCUT2D eigenvalue weighted by Crippen LogP contribution is -1.95. The van der Waals surface area contributed by atoms with Crippen LogP contribution in [0.4, 0.5) is 4.79 Å². The Bertz CT molecular complexity index is 475. The second kappa shape index (κ2) is 3.05. The summed E-state index contributed by atoms with van der Waals surface area (Å²) in [7, 11) is 0. The number of hydrogen-bond donors (Lipinski definition) is 0. The SMILES string of the molecule is O=C(Cl)n1cc2ccc(Cl)cc2c1. The quantitative estimate of drug-likeness (QED) is 0.615. The summed E-state index contributed by atoms with van der Waals surface area (Å²) >= 11 is 11.1. The minimum atomic E-state index is -0.521. The molecular weight excluding hydrogens is 209 g/mol. The first-order valence-corrected chi connectivity index (χ1v) is 4.39. The number of halogens is 2. The van der Waals surface area contributed by atoms with Crippen molar-refractivity contribution in [2.24, 2.45) is 0 Å². The second-order valence-corrected chi connectivity index (χ2v) is 3.45. The van der Waals surface area contributed by atoms with Crippen LogP contribution in [0.15, 0.2) is 30.6 Å². The van der Waals surface area contributed by atoms with Gasteiger partial charge in [0.05, 0.1) is 0 Å². The molecule has 0 radical (unpaired) electrons. The van der Waals surface area contributed by atoms with E-state index in [2.05, 4.69) is 0 Å². The zero-order chi connectivity index (χ0) is 9.42. The van der Waals surface area contributed by atoms with Gasteiger partial charge in [-0.15, -0.1) is 0 Å². The Morgan fingerprint density at radius 2 is 1.92 bits per heavy atom. The highest BCUT2D eigenvalue weighted by Gasteiger charge is 2.02. The maximum absolute atomic E-state index is 10.8. The van der Waals surface area contributed by atoms with Gasteiger partial charge in [0.15, 0.2) is 0 Å². The molecule has 0 aliphatic rings. The Morgan fingerprint density at radius 3 is 2.62 bits per heavy atom. The molecule has 0 bridgehead atoms. The zero-order valence-corrected chi connectivity index (χ0v) is 8.01. The molecule has 0 fully saturated rings. The van der Waals surface area contributed by atoms with Crippen LogP contribution >= 0.6 is 23.2 Å². The van der Waals surface area contributed by atoms with E-state index < -0.39 is 5.37 Å². The van der Waals surface area contributed by atoms with Gasteiger partial charge in [-0.25, -0.2) is 0 Å². The monoisotopic (exact) mass is 213 g/mol. The van der Waals surface area contributed by atoms with Crippen LogP contribution in [0.1, 0.15) is 0 Å². The Balaban J connectivity index is 2.68. The fourth-order valence-electron chi connectivity index (χ4n) is 1.21. The smallest absolute Gasteiger partial charge is 0.280 e. The topological polar surface area (TPSA) is 22.0 Å². The normalized spacial score (nSPS) is 10.6. The molecule has 1 heterocycles. The van der Waals surface area contributed by atoms with E-state index >= 15 is 0 Å². The lowest BCUT2D eigenvalue weighted by molar-refractivity contribution is 0.261. The standard InChI is InChI=1S/C9H5Cl2NO/c10-8-2-1-6-4-12(9(11)13)5-7(6)3-8/h1-5H. The molecule has 2 nitrogen and oxygen atoms in total. The van der Waals surface area contributed by atoms with Gasteiger partial charge >= 0.3 is 5.37 Å². The van der Waals surface area contributed by atoms with E-state index in [4.69, 9.17) is 23.2 Å². The first-order chi connectivity index (χ1) is 6.16. The van der Waals surface area contributed by atoms with Gasteiger partial charge in [-0.2, -0.15) is 0 Å². The highest BCUT2D eigenvalue weighted by Crippen LogP contribution is 2.20. The number of fused-ring (bicyclic) bond motifs is 1. The molecule has 66 valence electrons. The first kappa shape index (κ1) is 8.60. The van der Waals surface area contributed by atoms with Gasteiger partial charge in [-0.1, -0.05) is 17.7 Å². The molecule has 2 aromatic rings. The van der Waals surface area contributed by atoms with Crippen LogP contribution in [0.25, 0.3) is 10.8 Å². The summed E-state index contributed by atoms with van der Waals surface area (Å²) in [6.45, 7) is 0. The minimum absolute atomic E-state index is 0.521. The van der Waals surface area contributed by atoms with Crippen LogP contribution in [0.3, 0.4) is 0 Å². The van der Waals surface area contributed by atoms with Crippen molar-refractivity contribution >= 4 is 39.3 Å².